The van der Waals surface area contributed by atoms with E-state index in [-0.39, 0.29) is 0 Å². The molecular weight excluding hydrogens is 254 g/mol. The number of hydrogen-bond acceptors (Lipinski definition) is 3. The number of hydrogen-bond donors (Lipinski definition) is 2. The largest absolute Gasteiger partial charge is 0.385 e. The van der Waals surface area contributed by atoms with E-state index in [9.17, 15) is 0 Å². The van der Waals surface area contributed by atoms with Gasteiger partial charge in [0.15, 0.2) is 5.96 Å². The van der Waals surface area contributed by atoms with E-state index in [0.717, 1.165) is 43.7 Å². The smallest absolute Gasteiger partial charge is 0.193 e. The van der Waals surface area contributed by atoms with Crippen molar-refractivity contribution in [1.29, 1.82) is 0 Å². The van der Waals surface area contributed by atoms with Crippen molar-refractivity contribution >= 4 is 11.6 Å². The Bertz CT molecular complexity index is 408. The molecule has 0 saturated heterocycles. The van der Waals surface area contributed by atoms with Crippen LogP contribution in [0.25, 0.3) is 0 Å². The second-order valence-electron chi connectivity index (χ2n) is 4.54. The van der Waals surface area contributed by atoms with Crippen molar-refractivity contribution in [2.75, 3.05) is 32.7 Å². The summed E-state index contributed by atoms with van der Waals surface area (Å²) in [7, 11) is 3.39. The predicted octanol–water partition coefficient (Wildman–Crippen LogP) is 2.38. The zero-order valence-corrected chi connectivity index (χ0v) is 12.4. The van der Waals surface area contributed by atoms with Gasteiger partial charge in [-0.3, -0.25) is 4.99 Å². The van der Waals surface area contributed by atoms with E-state index in [1.807, 2.05) is 24.3 Å². The van der Waals surface area contributed by atoms with Crippen LogP contribution in [0.15, 0.2) is 29.3 Å². The van der Waals surface area contributed by atoms with E-state index >= 15 is 0 Å². The number of benzene rings is 1. The fourth-order valence-electron chi connectivity index (χ4n) is 1.84. The Balaban J connectivity index is 2.39. The highest BCUT2D eigenvalue weighted by Crippen LogP contribution is 2.15. The minimum Gasteiger partial charge on any atom is -0.385 e. The number of para-hydroxylation sites is 1. The third kappa shape index (κ3) is 6.54. The quantitative estimate of drug-likeness (QED) is 0.414. The molecule has 0 spiro atoms. The Kier molecular flexibility index (Phi) is 8.42. The molecule has 112 valence electrons. The SMILES string of the molecule is COCCCCCN=C(N)Nc1ccccc1COC. The topological polar surface area (TPSA) is 68.9 Å². The number of unbranched alkanes of at least 4 members (excludes halogenated alkanes) is 2. The molecule has 1 aromatic rings. The van der Waals surface area contributed by atoms with Gasteiger partial charge in [-0.25, -0.2) is 0 Å². The molecule has 5 heteroatoms. The van der Waals surface area contributed by atoms with Gasteiger partial charge in [0.05, 0.1) is 6.61 Å². The molecule has 0 amide bonds. The number of anilines is 1. The van der Waals surface area contributed by atoms with Crippen LogP contribution in [0.5, 0.6) is 0 Å². The fraction of sp³-hybridized carbons (Fsp3) is 0.533. The number of ether oxygens (including phenoxy) is 2. The Hall–Kier alpha value is -1.59. The number of nitrogens with two attached hydrogens (primary N) is 1. The lowest BCUT2D eigenvalue weighted by molar-refractivity contribution is 0.185. The normalized spacial score (nSPS) is 11.6. The summed E-state index contributed by atoms with van der Waals surface area (Å²) in [6.45, 7) is 2.09. The van der Waals surface area contributed by atoms with E-state index in [2.05, 4.69) is 10.3 Å². The summed E-state index contributed by atoms with van der Waals surface area (Å²) in [5.74, 6) is 0.445. The first-order valence-corrected chi connectivity index (χ1v) is 6.90. The standard InChI is InChI=1S/C15H25N3O2/c1-19-11-7-3-6-10-17-15(16)18-14-9-5-4-8-13(14)12-20-2/h4-5,8-9H,3,6-7,10-12H2,1-2H3,(H3,16,17,18). The Morgan fingerprint density at radius 1 is 1.15 bits per heavy atom. The van der Waals surface area contributed by atoms with Gasteiger partial charge in [0.1, 0.15) is 0 Å². The van der Waals surface area contributed by atoms with Crippen molar-refractivity contribution in [3.63, 3.8) is 0 Å². The summed E-state index contributed by atoms with van der Waals surface area (Å²) in [4.78, 5) is 4.32. The first-order valence-electron chi connectivity index (χ1n) is 6.90. The van der Waals surface area contributed by atoms with Gasteiger partial charge in [0.2, 0.25) is 0 Å². The Morgan fingerprint density at radius 2 is 1.95 bits per heavy atom. The Labute approximate surface area is 121 Å². The van der Waals surface area contributed by atoms with Crippen molar-refractivity contribution in [2.45, 2.75) is 25.9 Å². The minimum absolute atomic E-state index is 0.445. The van der Waals surface area contributed by atoms with E-state index in [0.29, 0.717) is 12.6 Å². The summed E-state index contributed by atoms with van der Waals surface area (Å²) in [6, 6.07) is 7.90. The second-order valence-corrected chi connectivity index (χ2v) is 4.54. The summed E-state index contributed by atoms with van der Waals surface area (Å²) >= 11 is 0. The lowest BCUT2D eigenvalue weighted by Crippen LogP contribution is -2.23. The van der Waals surface area contributed by atoms with Gasteiger partial charge in [-0.15, -0.1) is 0 Å². The molecule has 0 saturated carbocycles. The average Bonchev–Trinajstić information content (AvgIpc) is 2.45. The number of methoxy groups -OCH3 is 2. The summed E-state index contributed by atoms with van der Waals surface area (Å²) in [5.41, 5.74) is 7.89. The molecule has 1 aromatic carbocycles. The highest BCUT2D eigenvalue weighted by atomic mass is 16.5. The van der Waals surface area contributed by atoms with Gasteiger partial charge in [0.25, 0.3) is 0 Å². The maximum atomic E-state index is 5.89. The van der Waals surface area contributed by atoms with Crippen LogP contribution in [-0.2, 0) is 16.1 Å². The molecule has 1 rings (SSSR count). The molecule has 0 atom stereocenters. The number of nitrogens with zero attached hydrogens (tertiary/aromatic N) is 1. The molecule has 0 aliphatic carbocycles. The lowest BCUT2D eigenvalue weighted by atomic mass is 10.2. The molecule has 3 N–H and O–H groups in total. The Morgan fingerprint density at radius 3 is 2.70 bits per heavy atom. The van der Waals surface area contributed by atoms with Gasteiger partial charge in [-0.2, -0.15) is 0 Å². The highest BCUT2D eigenvalue weighted by Gasteiger charge is 2.02. The van der Waals surface area contributed by atoms with Crippen LogP contribution < -0.4 is 11.1 Å². The van der Waals surface area contributed by atoms with Gasteiger partial charge in [0, 0.05) is 38.6 Å². The van der Waals surface area contributed by atoms with Gasteiger partial charge in [-0.05, 0) is 25.3 Å². The third-order valence-corrected chi connectivity index (χ3v) is 2.87. The predicted molar refractivity (Wildman–Crippen MR) is 83.0 cm³/mol. The van der Waals surface area contributed by atoms with Crippen LogP contribution in [0, 0.1) is 0 Å². The monoisotopic (exact) mass is 279 g/mol. The van der Waals surface area contributed by atoms with Crippen LogP contribution in [0.2, 0.25) is 0 Å². The second kappa shape index (κ2) is 10.2. The van der Waals surface area contributed by atoms with Gasteiger partial charge in [-0.1, -0.05) is 18.2 Å². The molecule has 0 aliphatic heterocycles. The summed E-state index contributed by atoms with van der Waals surface area (Å²) < 4.78 is 10.2. The number of aliphatic imine (C=N–C) groups is 1. The summed E-state index contributed by atoms with van der Waals surface area (Å²) in [6.07, 6.45) is 3.19. The molecule has 20 heavy (non-hydrogen) atoms. The highest BCUT2D eigenvalue weighted by molar-refractivity contribution is 5.92. The maximum Gasteiger partial charge on any atom is 0.193 e. The molecule has 5 nitrogen and oxygen atoms in total. The number of guanidine groups is 1. The van der Waals surface area contributed by atoms with Crippen LogP contribution in [0.4, 0.5) is 5.69 Å². The van der Waals surface area contributed by atoms with Crippen molar-refractivity contribution < 1.29 is 9.47 Å². The van der Waals surface area contributed by atoms with E-state index in [4.69, 9.17) is 15.2 Å². The molecule has 0 fully saturated rings. The van der Waals surface area contributed by atoms with E-state index in [1.54, 1.807) is 14.2 Å². The molecule has 0 radical (unpaired) electrons. The van der Waals surface area contributed by atoms with Crippen molar-refractivity contribution in [1.82, 2.24) is 0 Å². The van der Waals surface area contributed by atoms with Crippen LogP contribution in [0.3, 0.4) is 0 Å². The molecule has 0 aromatic heterocycles. The lowest BCUT2D eigenvalue weighted by Gasteiger charge is -2.10. The first kappa shape index (κ1) is 16.5. The van der Waals surface area contributed by atoms with Crippen molar-refractivity contribution in [3.8, 4) is 0 Å². The molecule has 0 bridgehead atoms. The minimum atomic E-state index is 0.445. The average molecular weight is 279 g/mol. The number of nitrogens with one attached hydrogen (secondary N) is 1. The van der Waals surface area contributed by atoms with Crippen LogP contribution >= 0.6 is 0 Å². The van der Waals surface area contributed by atoms with E-state index < -0.39 is 0 Å². The van der Waals surface area contributed by atoms with Gasteiger partial charge >= 0.3 is 0 Å². The van der Waals surface area contributed by atoms with Crippen molar-refractivity contribution in [2.24, 2.45) is 10.7 Å². The van der Waals surface area contributed by atoms with Crippen LogP contribution in [0.1, 0.15) is 24.8 Å². The molecule has 0 heterocycles. The van der Waals surface area contributed by atoms with Crippen LogP contribution in [-0.4, -0.2) is 33.3 Å². The molecule has 0 aliphatic rings. The van der Waals surface area contributed by atoms with Gasteiger partial charge < -0.3 is 20.5 Å². The maximum absolute atomic E-state index is 5.89. The number of rotatable bonds is 9. The molecule has 0 unspecified atom stereocenters. The third-order valence-electron chi connectivity index (χ3n) is 2.87. The van der Waals surface area contributed by atoms with Crippen molar-refractivity contribution in [3.05, 3.63) is 29.8 Å². The summed E-state index contributed by atoms with van der Waals surface area (Å²) in [5, 5.41) is 3.12. The fourth-order valence-corrected chi connectivity index (χ4v) is 1.84. The first-order chi connectivity index (χ1) is 9.77. The zero-order valence-electron chi connectivity index (χ0n) is 12.4. The zero-order chi connectivity index (χ0) is 14.6. The molecular formula is C15H25N3O2. The van der Waals surface area contributed by atoms with E-state index in [1.165, 1.54) is 0 Å².